The Labute approximate surface area is 132 Å². The van der Waals surface area contributed by atoms with E-state index in [0.717, 1.165) is 30.9 Å². The van der Waals surface area contributed by atoms with E-state index in [2.05, 4.69) is 36.1 Å². The largest absolute Gasteiger partial charge is 0.381 e. The van der Waals surface area contributed by atoms with Crippen molar-refractivity contribution < 1.29 is 9.90 Å². The van der Waals surface area contributed by atoms with E-state index >= 15 is 0 Å². The average molecular weight is 305 g/mol. The summed E-state index contributed by atoms with van der Waals surface area (Å²) in [5.74, 6) is -0.394. The van der Waals surface area contributed by atoms with E-state index in [4.69, 9.17) is 0 Å². The molecule has 5 nitrogen and oxygen atoms in total. The molecule has 1 atom stereocenters. The van der Waals surface area contributed by atoms with Crippen molar-refractivity contribution in [2.24, 2.45) is 0 Å². The van der Waals surface area contributed by atoms with Crippen molar-refractivity contribution in [3.05, 3.63) is 23.8 Å². The molecule has 1 aromatic rings. The van der Waals surface area contributed by atoms with Crippen molar-refractivity contribution in [1.82, 2.24) is 4.90 Å². The van der Waals surface area contributed by atoms with Crippen molar-refractivity contribution in [2.45, 2.75) is 38.8 Å². The minimum absolute atomic E-state index is 0.394. The van der Waals surface area contributed by atoms with Crippen LogP contribution in [0.15, 0.2) is 18.2 Å². The zero-order valence-electron chi connectivity index (χ0n) is 14.2. The minimum atomic E-state index is -1.38. The lowest BCUT2D eigenvalue weighted by Gasteiger charge is -2.24. The topological polar surface area (TPSA) is 55.8 Å². The monoisotopic (exact) mass is 305 g/mol. The summed E-state index contributed by atoms with van der Waals surface area (Å²) in [6.07, 6.45) is 1.15. The summed E-state index contributed by atoms with van der Waals surface area (Å²) in [4.78, 5) is 16.5. The highest BCUT2D eigenvalue weighted by molar-refractivity contribution is 5.96. The molecule has 1 fully saturated rings. The lowest BCUT2D eigenvalue weighted by Crippen LogP contribution is -2.36. The van der Waals surface area contributed by atoms with Crippen LogP contribution in [-0.4, -0.2) is 54.7 Å². The first-order chi connectivity index (χ1) is 10.2. The molecule has 0 aliphatic carbocycles. The van der Waals surface area contributed by atoms with Crippen molar-refractivity contribution in [2.75, 3.05) is 37.4 Å². The number of aryl methyl sites for hydroxylation is 1. The predicted octanol–water partition coefficient (Wildman–Crippen LogP) is 1.84. The molecule has 0 radical (unpaired) electrons. The first kappa shape index (κ1) is 16.8. The van der Waals surface area contributed by atoms with Crippen molar-refractivity contribution in [3.8, 4) is 0 Å². The standard InChI is InChI=1S/C17H27N3O2/c1-12-6-7-13(18-16(21)17(2,3)22)10-15(12)20-9-8-14(11-20)19(4)5/h6-7,10,14,22H,8-9,11H2,1-5H3,(H,18,21)/t14-/m0/s1. The van der Waals surface area contributed by atoms with Gasteiger partial charge in [0, 0.05) is 30.5 Å². The van der Waals surface area contributed by atoms with E-state index in [9.17, 15) is 9.90 Å². The van der Waals surface area contributed by atoms with Gasteiger partial charge < -0.3 is 20.2 Å². The summed E-state index contributed by atoms with van der Waals surface area (Å²) in [6, 6.07) is 6.45. The third-order valence-corrected chi connectivity index (χ3v) is 4.26. The molecule has 2 rings (SSSR count). The molecule has 1 heterocycles. The fraction of sp³-hybridized carbons (Fsp3) is 0.588. The first-order valence-corrected chi connectivity index (χ1v) is 7.74. The van der Waals surface area contributed by atoms with E-state index in [-0.39, 0.29) is 0 Å². The van der Waals surface area contributed by atoms with Gasteiger partial charge in [-0.3, -0.25) is 4.79 Å². The van der Waals surface area contributed by atoms with Gasteiger partial charge in [0.05, 0.1) is 0 Å². The molecular formula is C17H27N3O2. The number of carbonyl (C=O) groups excluding carboxylic acids is 1. The average Bonchev–Trinajstić information content (AvgIpc) is 2.89. The van der Waals surface area contributed by atoms with Crippen LogP contribution in [0.4, 0.5) is 11.4 Å². The van der Waals surface area contributed by atoms with Gasteiger partial charge in [0.1, 0.15) is 5.60 Å². The number of amides is 1. The Morgan fingerprint density at radius 2 is 2.09 bits per heavy atom. The number of carbonyl (C=O) groups is 1. The van der Waals surface area contributed by atoms with Gasteiger partial charge in [-0.1, -0.05) is 6.07 Å². The Hall–Kier alpha value is -1.59. The van der Waals surface area contributed by atoms with Crippen LogP contribution in [0.2, 0.25) is 0 Å². The Bertz CT molecular complexity index is 549. The highest BCUT2D eigenvalue weighted by Gasteiger charge is 2.26. The fourth-order valence-corrected chi connectivity index (χ4v) is 2.69. The molecule has 1 amide bonds. The predicted molar refractivity (Wildman–Crippen MR) is 90.4 cm³/mol. The van der Waals surface area contributed by atoms with Crippen LogP contribution in [0.5, 0.6) is 0 Å². The Balaban J connectivity index is 2.16. The van der Waals surface area contributed by atoms with E-state index < -0.39 is 11.5 Å². The van der Waals surface area contributed by atoms with Crippen LogP contribution in [-0.2, 0) is 4.79 Å². The highest BCUT2D eigenvalue weighted by Crippen LogP contribution is 2.28. The number of nitrogens with zero attached hydrogens (tertiary/aromatic N) is 2. The fourth-order valence-electron chi connectivity index (χ4n) is 2.69. The highest BCUT2D eigenvalue weighted by atomic mass is 16.3. The minimum Gasteiger partial charge on any atom is -0.381 e. The summed E-state index contributed by atoms with van der Waals surface area (Å²) in [7, 11) is 4.22. The second-order valence-corrected chi connectivity index (χ2v) is 6.87. The van der Waals surface area contributed by atoms with Gasteiger partial charge in [-0.05, 0) is 59.0 Å². The molecule has 2 N–H and O–H groups in total. The van der Waals surface area contributed by atoms with E-state index in [1.807, 2.05) is 18.2 Å². The van der Waals surface area contributed by atoms with Gasteiger partial charge in [0.25, 0.3) is 5.91 Å². The third-order valence-electron chi connectivity index (χ3n) is 4.26. The van der Waals surface area contributed by atoms with Gasteiger partial charge in [0.2, 0.25) is 0 Å². The number of rotatable bonds is 4. The van der Waals surface area contributed by atoms with Crippen LogP contribution in [0.25, 0.3) is 0 Å². The second-order valence-electron chi connectivity index (χ2n) is 6.87. The number of hydrogen-bond acceptors (Lipinski definition) is 4. The van der Waals surface area contributed by atoms with Gasteiger partial charge in [-0.25, -0.2) is 0 Å². The molecule has 1 saturated heterocycles. The van der Waals surface area contributed by atoms with Crippen molar-refractivity contribution >= 4 is 17.3 Å². The van der Waals surface area contributed by atoms with Crippen LogP contribution in [0.1, 0.15) is 25.8 Å². The molecule has 0 unspecified atom stereocenters. The third kappa shape index (κ3) is 3.78. The summed E-state index contributed by atoms with van der Waals surface area (Å²) in [5, 5.41) is 12.5. The molecule has 0 spiro atoms. The van der Waals surface area contributed by atoms with Crippen LogP contribution >= 0.6 is 0 Å². The Morgan fingerprint density at radius 3 is 2.64 bits per heavy atom. The Morgan fingerprint density at radius 1 is 1.41 bits per heavy atom. The lowest BCUT2D eigenvalue weighted by atomic mass is 10.1. The maximum absolute atomic E-state index is 11.9. The van der Waals surface area contributed by atoms with Crippen molar-refractivity contribution in [3.63, 3.8) is 0 Å². The molecule has 1 aromatic carbocycles. The van der Waals surface area contributed by atoms with Crippen LogP contribution in [0, 0.1) is 6.92 Å². The molecule has 1 aliphatic heterocycles. The summed E-state index contributed by atoms with van der Waals surface area (Å²) in [5.41, 5.74) is 1.69. The Kier molecular flexibility index (Phi) is 4.78. The van der Waals surface area contributed by atoms with Crippen LogP contribution in [0.3, 0.4) is 0 Å². The molecule has 0 aromatic heterocycles. The van der Waals surface area contributed by atoms with Gasteiger partial charge in [-0.2, -0.15) is 0 Å². The van der Waals surface area contributed by atoms with E-state index in [1.165, 1.54) is 19.4 Å². The number of aliphatic hydroxyl groups is 1. The van der Waals surface area contributed by atoms with Gasteiger partial charge >= 0.3 is 0 Å². The molecule has 5 heteroatoms. The van der Waals surface area contributed by atoms with Crippen molar-refractivity contribution in [1.29, 1.82) is 0 Å². The zero-order valence-corrected chi connectivity index (χ0v) is 14.2. The number of benzene rings is 1. The molecular weight excluding hydrogens is 278 g/mol. The molecule has 0 saturated carbocycles. The van der Waals surface area contributed by atoms with E-state index in [1.54, 1.807) is 0 Å². The second kappa shape index (κ2) is 6.26. The lowest BCUT2D eigenvalue weighted by molar-refractivity contribution is -0.130. The quantitative estimate of drug-likeness (QED) is 0.891. The maximum atomic E-state index is 11.9. The van der Waals surface area contributed by atoms with Gasteiger partial charge in [0.15, 0.2) is 0 Å². The van der Waals surface area contributed by atoms with Crippen LogP contribution < -0.4 is 10.2 Å². The SMILES string of the molecule is Cc1ccc(NC(=O)C(C)(C)O)cc1N1CC[C@H](N(C)C)C1. The molecule has 22 heavy (non-hydrogen) atoms. The molecule has 1 aliphatic rings. The normalized spacial score (nSPS) is 18.9. The van der Waals surface area contributed by atoms with Gasteiger partial charge in [-0.15, -0.1) is 0 Å². The van der Waals surface area contributed by atoms with E-state index in [0.29, 0.717) is 6.04 Å². The number of nitrogens with one attached hydrogen (secondary N) is 1. The summed E-state index contributed by atoms with van der Waals surface area (Å²) < 4.78 is 0. The number of likely N-dealkylation sites (N-methyl/N-ethyl adjacent to an activating group) is 1. The summed E-state index contributed by atoms with van der Waals surface area (Å²) in [6.45, 7) is 7.07. The smallest absolute Gasteiger partial charge is 0.255 e. The maximum Gasteiger partial charge on any atom is 0.255 e. The number of anilines is 2. The molecule has 122 valence electrons. The molecule has 0 bridgehead atoms. The summed E-state index contributed by atoms with van der Waals surface area (Å²) >= 11 is 0. The first-order valence-electron chi connectivity index (χ1n) is 7.74. The number of hydrogen-bond donors (Lipinski definition) is 2. The zero-order chi connectivity index (χ0) is 16.5.